The van der Waals surface area contributed by atoms with Gasteiger partial charge in [0, 0.05) is 0 Å². The minimum atomic E-state index is -0.145. The van der Waals surface area contributed by atoms with Gasteiger partial charge in [0.25, 0.3) is 5.56 Å². The third-order valence-electron chi connectivity index (χ3n) is 3.37. The molecule has 1 amide bonds. The molecule has 0 spiro atoms. The number of benzene rings is 1. The first-order valence-electron chi connectivity index (χ1n) is 6.95. The number of carbonyl (C=O) groups excluding carboxylic acids is 1. The van der Waals surface area contributed by atoms with Crippen molar-refractivity contribution in [2.45, 2.75) is 0 Å². The van der Waals surface area contributed by atoms with Crippen LogP contribution in [0.4, 0.5) is 5.69 Å². The van der Waals surface area contributed by atoms with Gasteiger partial charge in [0.2, 0.25) is 11.4 Å². The Morgan fingerprint density at radius 2 is 1.96 bits per heavy atom. The molecule has 0 saturated heterocycles. The Hall–Kier alpha value is -2.44. The zero-order chi connectivity index (χ0) is 15.7. The van der Waals surface area contributed by atoms with Crippen LogP contribution < -0.4 is 28.3 Å². The van der Waals surface area contributed by atoms with Crippen LogP contribution in [-0.2, 0) is 4.79 Å². The molecule has 0 atom stereocenters. The smallest absolute Gasteiger partial charge is 0.256 e. The largest absolute Gasteiger partial charge is 1.00 e. The van der Waals surface area contributed by atoms with Gasteiger partial charge in [0.15, 0.2) is 6.20 Å². The van der Waals surface area contributed by atoms with E-state index in [-0.39, 0.29) is 23.9 Å². The number of likely N-dealkylation sites (N-methyl/N-ethyl adjacent to an activating group) is 1. The Kier molecular flexibility index (Phi) is 4.98. The molecule has 3 rings (SSSR count). The molecule has 120 valence electrons. The van der Waals surface area contributed by atoms with Gasteiger partial charge < -0.3 is 27.6 Å². The summed E-state index contributed by atoms with van der Waals surface area (Å²) in [5, 5.41) is 4.29. The van der Waals surface area contributed by atoms with Gasteiger partial charge in [-0.1, -0.05) is 12.1 Å². The van der Waals surface area contributed by atoms with E-state index in [2.05, 4.69) is 15.3 Å². The number of fused-ring (bicyclic) bond motifs is 3. The van der Waals surface area contributed by atoms with Crippen molar-refractivity contribution in [3.05, 3.63) is 46.9 Å². The number of carbonyl (C=O) groups is 1. The zero-order valence-electron chi connectivity index (χ0n) is 12.8. The Balaban J connectivity index is 0.00000192. The van der Waals surface area contributed by atoms with Crippen LogP contribution in [0.2, 0.25) is 0 Å². The summed E-state index contributed by atoms with van der Waals surface area (Å²) in [6.45, 7) is 0.298. The monoisotopic (exact) mass is 332 g/mol. The number of aromatic nitrogens is 2. The second-order valence-electron chi connectivity index (χ2n) is 5.46. The van der Waals surface area contributed by atoms with Crippen LogP contribution in [0.25, 0.3) is 21.8 Å². The van der Waals surface area contributed by atoms with Crippen molar-refractivity contribution in [2.24, 2.45) is 0 Å². The topological polar surface area (TPSA) is 79.3 Å². The van der Waals surface area contributed by atoms with E-state index in [1.807, 2.05) is 32.3 Å². The van der Waals surface area contributed by atoms with E-state index in [1.54, 1.807) is 23.2 Å². The lowest BCUT2D eigenvalue weighted by Gasteiger charge is -2.09. The van der Waals surface area contributed by atoms with Crippen molar-refractivity contribution in [3.63, 3.8) is 0 Å². The summed E-state index contributed by atoms with van der Waals surface area (Å²) in [6, 6.07) is 9.16. The normalized spacial score (nSPS) is 10.7. The number of aromatic amines is 2. The minimum Gasteiger partial charge on any atom is -1.00 e. The summed E-state index contributed by atoms with van der Waals surface area (Å²) >= 11 is 0. The van der Waals surface area contributed by atoms with Gasteiger partial charge in [0.1, 0.15) is 11.2 Å². The van der Waals surface area contributed by atoms with Crippen molar-refractivity contribution in [2.75, 3.05) is 26.0 Å². The lowest BCUT2D eigenvalue weighted by atomic mass is 10.1. The van der Waals surface area contributed by atoms with Crippen LogP contribution in [0.3, 0.4) is 0 Å². The molecule has 0 bridgehead atoms. The van der Waals surface area contributed by atoms with Gasteiger partial charge in [0.05, 0.1) is 17.3 Å². The number of hydrogen-bond donors (Lipinski definition) is 2. The van der Waals surface area contributed by atoms with Gasteiger partial charge in [-0.3, -0.25) is 9.59 Å². The molecule has 0 saturated carbocycles. The SMILES string of the molecule is CN(C)CC(=O)Nc1c[nH+]c2c(c1)[nH]c(=O)c1ccccc12.[Cl-]. The maximum atomic E-state index is 12.1. The zero-order valence-corrected chi connectivity index (χ0v) is 13.6. The number of nitrogens with zero attached hydrogens (tertiary/aromatic N) is 1. The Morgan fingerprint density at radius 3 is 2.65 bits per heavy atom. The van der Waals surface area contributed by atoms with Crippen LogP contribution in [0.1, 0.15) is 0 Å². The van der Waals surface area contributed by atoms with E-state index >= 15 is 0 Å². The molecule has 0 radical (unpaired) electrons. The van der Waals surface area contributed by atoms with E-state index in [4.69, 9.17) is 0 Å². The molecule has 0 aliphatic heterocycles. The molecule has 1 aromatic carbocycles. The first-order valence-corrected chi connectivity index (χ1v) is 6.95. The molecule has 0 unspecified atom stereocenters. The molecule has 0 aliphatic carbocycles. The van der Waals surface area contributed by atoms with Crippen LogP contribution in [0, 0.1) is 0 Å². The second-order valence-corrected chi connectivity index (χ2v) is 5.46. The van der Waals surface area contributed by atoms with E-state index in [1.165, 1.54) is 0 Å². The average molecular weight is 333 g/mol. The van der Waals surface area contributed by atoms with Crippen molar-refractivity contribution in [1.82, 2.24) is 9.88 Å². The molecule has 6 nitrogen and oxygen atoms in total. The van der Waals surface area contributed by atoms with Gasteiger partial charge in [-0.15, -0.1) is 0 Å². The molecule has 0 fully saturated rings. The average Bonchev–Trinajstić information content (AvgIpc) is 2.46. The summed E-state index contributed by atoms with van der Waals surface area (Å²) < 4.78 is 0. The lowest BCUT2D eigenvalue weighted by molar-refractivity contribution is -0.342. The summed E-state index contributed by atoms with van der Waals surface area (Å²) in [6.07, 6.45) is 1.72. The quantitative estimate of drug-likeness (QED) is 0.545. The van der Waals surface area contributed by atoms with Crippen molar-refractivity contribution >= 4 is 33.4 Å². The number of amides is 1. The Labute approximate surface area is 138 Å². The summed E-state index contributed by atoms with van der Waals surface area (Å²) in [4.78, 5) is 31.7. The maximum Gasteiger partial charge on any atom is 0.256 e. The molecule has 0 aliphatic rings. The third-order valence-corrected chi connectivity index (χ3v) is 3.37. The number of halogens is 1. The van der Waals surface area contributed by atoms with Gasteiger partial charge in [-0.2, -0.15) is 0 Å². The molecule has 23 heavy (non-hydrogen) atoms. The fourth-order valence-electron chi connectivity index (χ4n) is 2.47. The minimum absolute atomic E-state index is 0. The highest BCUT2D eigenvalue weighted by molar-refractivity contribution is 6.02. The number of pyridine rings is 2. The van der Waals surface area contributed by atoms with Gasteiger partial charge in [-0.25, -0.2) is 4.98 Å². The third kappa shape index (κ3) is 3.49. The first-order chi connectivity index (χ1) is 10.5. The van der Waals surface area contributed by atoms with E-state index in [9.17, 15) is 9.59 Å². The highest BCUT2D eigenvalue weighted by Gasteiger charge is 2.12. The van der Waals surface area contributed by atoms with E-state index < -0.39 is 0 Å². The van der Waals surface area contributed by atoms with Crippen LogP contribution >= 0.6 is 0 Å². The molecule has 7 heteroatoms. The predicted octanol–water partition coefficient (Wildman–Crippen LogP) is -2.00. The molecule has 2 heterocycles. The molecule has 2 aromatic heterocycles. The fraction of sp³-hybridized carbons (Fsp3) is 0.188. The summed E-state index contributed by atoms with van der Waals surface area (Å²) in [5.41, 5.74) is 1.96. The molecule has 3 N–H and O–H groups in total. The number of H-pyrrole nitrogens is 2. The Bertz CT molecular complexity index is 921. The number of hydrogen-bond acceptors (Lipinski definition) is 3. The van der Waals surface area contributed by atoms with Gasteiger partial charge in [-0.05, 0) is 32.3 Å². The number of anilines is 1. The predicted molar refractivity (Wildman–Crippen MR) is 85.8 cm³/mol. The first kappa shape index (κ1) is 16.9. The van der Waals surface area contributed by atoms with Crippen LogP contribution in [-0.4, -0.2) is 36.4 Å². The Morgan fingerprint density at radius 1 is 1.26 bits per heavy atom. The summed E-state index contributed by atoms with van der Waals surface area (Å²) in [5.74, 6) is -0.110. The van der Waals surface area contributed by atoms with Crippen LogP contribution in [0.5, 0.6) is 0 Å². The molecular formula is C16H17ClN4O2. The van der Waals surface area contributed by atoms with E-state index in [0.29, 0.717) is 23.1 Å². The van der Waals surface area contributed by atoms with Gasteiger partial charge >= 0.3 is 0 Å². The van der Waals surface area contributed by atoms with Crippen molar-refractivity contribution in [3.8, 4) is 0 Å². The second kappa shape index (κ2) is 6.76. The standard InChI is InChI=1S/C16H16N4O2.ClH/c1-20(2)9-14(21)18-10-7-13-15(17-8-10)11-5-3-4-6-12(11)16(22)19-13;/h3-8H,9H2,1-2H3,(H,18,21)(H,19,22);1H. The number of nitrogens with one attached hydrogen (secondary N) is 3. The molecular weight excluding hydrogens is 316 g/mol. The van der Waals surface area contributed by atoms with E-state index in [0.717, 1.165) is 10.9 Å². The maximum absolute atomic E-state index is 12.1. The van der Waals surface area contributed by atoms with Crippen molar-refractivity contribution in [1.29, 1.82) is 0 Å². The molecule has 3 aromatic rings. The van der Waals surface area contributed by atoms with Crippen LogP contribution in [0.15, 0.2) is 41.3 Å². The lowest BCUT2D eigenvalue weighted by Crippen LogP contribution is -3.00. The highest BCUT2D eigenvalue weighted by Crippen LogP contribution is 2.18. The highest BCUT2D eigenvalue weighted by atomic mass is 35.5. The number of rotatable bonds is 3. The summed E-state index contributed by atoms with van der Waals surface area (Å²) in [7, 11) is 3.66. The van der Waals surface area contributed by atoms with Crippen molar-refractivity contribution < 1.29 is 22.2 Å². The fourth-order valence-corrected chi connectivity index (χ4v) is 2.47.